The quantitative estimate of drug-likeness (QED) is 0.707. The topological polar surface area (TPSA) is 44.4 Å². The second-order valence-electron chi connectivity index (χ2n) is 6.66. The van der Waals surface area contributed by atoms with Crippen LogP contribution in [0, 0.1) is 0 Å². The van der Waals surface area contributed by atoms with Crippen molar-refractivity contribution in [3.63, 3.8) is 0 Å². The second kappa shape index (κ2) is 9.60. The van der Waals surface area contributed by atoms with Crippen molar-refractivity contribution >= 4 is 28.9 Å². The van der Waals surface area contributed by atoms with Gasteiger partial charge in [-0.05, 0) is 55.2 Å². The first-order valence-electron chi connectivity index (χ1n) is 9.31. The highest BCUT2D eigenvalue weighted by molar-refractivity contribution is 6.31. The highest BCUT2D eigenvalue weighted by Gasteiger charge is 2.11. The summed E-state index contributed by atoms with van der Waals surface area (Å²) in [5, 5.41) is 6.97. The van der Waals surface area contributed by atoms with Gasteiger partial charge in [-0.15, -0.1) is 0 Å². The van der Waals surface area contributed by atoms with Gasteiger partial charge in [-0.2, -0.15) is 0 Å². The number of hydrogen-bond donors (Lipinski definition) is 2. The Morgan fingerprint density at radius 3 is 2.46 bits per heavy atom. The van der Waals surface area contributed by atoms with Crippen LogP contribution in [-0.2, 0) is 11.3 Å². The molecule has 26 heavy (non-hydrogen) atoms. The number of halogens is 1. The second-order valence-corrected chi connectivity index (χ2v) is 7.07. The number of hydrogen-bond acceptors (Lipinski definition) is 3. The van der Waals surface area contributed by atoms with Gasteiger partial charge in [0.25, 0.3) is 0 Å². The van der Waals surface area contributed by atoms with Crippen molar-refractivity contribution in [2.75, 3.05) is 29.9 Å². The van der Waals surface area contributed by atoms with E-state index in [1.807, 2.05) is 36.4 Å². The van der Waals surface area contributed by atoms with E-state index in [1.54, 1.807) is 0 Å². The molecule has 3 rings (SSSR count). The number of carbonyl (C=O) groups excluding carboxylic acids is 1. The van der Waals surface area contributed by atoms with E-state index >= 15 is 0 Å². The number of anilines is 2. The minimum Gasteiger partial charge on any atom is -0.372 e. The zero-order chi connectivity index (χ0) is 18.2. The molecular formula is C21H26ClN3O. The number of carbonyl (C=O) groups is 1. The molecule has 0 radical (unpaired) electrons. The molecule has 4 nitrogen and oxygen atoms in total. The summed E-state index contributed by atoms with van der Waals surface area (Å²) in [7, 11) is 0. The fourth-order valence-corrected chi connectivity index (χ4v) is 3.40. The van der Waals surface area contributed by atoms with Crippen molar-refractivity contribution in [2.24, 2.45) is 0 Å². The summed E-state index contributed by atoms with van der Waals surface area (Å²) in [4.78, 5) is 14.5. The van der Waals surface area contributed by atoms with Gasteiger partial charge >= 0.3 is 0 Å². The van der Waals surface area contributed by atoms with Gasteiger partial charge < -0.3 is 15.5 Å². The normalized spacial score (nSPS) is 14.3. The molecule has 0 aliphatic carbocycles. The van der Waals surface area contributed by atoms with Crippen LogP contribution in [0.5, 0.6) is 0 Å². The molecule has 0 spiro atoms. The molecule has 0 bridgehead atoms. The van der Waals surface area contributed by atoms with Gasteiger partial charge in [0, 0.05) is 49.0 Å². The van der Waals surface area contributed by atoms with Gasteiger partial charge in [-0.25, -0.2) is 0 Å². The van der Waals surface area contributed by atoms with Gasteiger partial charge in [0.05, 0.1) is 0 Å². The summed E-state index contributed by atoms with van der Waals surface area (Å²) in [6, 6.07) is 15.9. The summed E-state index contributed by atoms with van der Waals surface area (Å²) in [6.07, 6.45) is 4.28. The number of nitrogens with one attached hydrogen (secondary N) is 2. The number of nitrogens with zero attached hydrogens (tertiary/aromatic N) is 1. The molecule has 1 heterocycles. The van der Waals surface area contributed by atoms with Crippen molar-refractivity contribution < 1.29 is 4.79 Å². The Balaban J connectivity index is 1.39. The minimum absolute atomic E-state index is 0.0161. The summed E-state index contributed by atoms with van der Waals surface area (Å²) < 4.78 is 0. The molecule has 5 heteroatoms. The third-order valence-corrected chi connectivity index (χ3v) is 5.04. The lowest BCUT2D eigenvalue weighted by atomic mass is 10.1. The predicted molar refractivity (Wildman–Crippen MR) is 109 cm³/mol. The summed E-state index contributed by atoms with van der Waals surface area (Å²) in [6.45, 7) is 3.53. The highest BCUT2D eigenvalue weighted by atomic mass is 35.5. The van der Waals surface area contributed by atoms with Crippen molar-refractivity contribution in [1.82, 2.24) is 5.32 Å². The standard InChI is InChI=1S/C21H26ClN3O/c22-20-7-3-2-6-17(20)16-23-13-12-21(26)24-18-8-10-19(11-9-18)25-14-4-1-5-15-25/h2-3,6-11,23H,1,4-5,12-16H2,(H,24,26). The molecular weight excluding hydrogens is 346 g/mol. The zero-order valence-corrected chi connectivity index (χ0v) is 15.8. The average Bonchev–Trinajstić information content (AvgIpc) is 2.68. The first kappa shape index (κ1) is 18.7. The average molecular weight is 372 g/mol. The Morgan fingerprint density at radius 1 is 1.00 bits per heavy atom. The zero-order valence-electron chi connectivity index (χ0n) is 15.0. The number of amides is 1. The van der Waals surface area contributed by atoms with Gasteiger partial charge in [0.2, 0.25) is 5.91 Å². The molecule has 2 N–H and O–H groups in total. The lowest BCUT2D eigenvalue weighted by Crippen LogP contribution is -2.29. The SMILES string of the molecule is O=C(CCNCc1ccccc1Cl)Nc1ccc(N2CCCCC2)cc1. The van der Waals surface area contributed by atoms with Gasteiger partial charge in [0.15, 0.2) is 0 Å². The number of rotatable bonds is 7. The molecule has 0 aromatic heterocycles. The van der Waals surface area contributed by atoms with E-state index in [2.05, 4.69) is 27.7 Å². The maximum atomic E-state index is 12.1. The Bertz CT molecular complexity index is 711. The fraction of sp³-hybridized carbons (Fsp3) is 0.381. The van der Waals surface area contributed by atoms with Crippen LogP contribution in [0.25, 0.3) is 0 Å². The largest absolute Gasteiger partial charge is 0.372 e. The third-order valence-electron chi connectivity index (χ3n) is 4.67. The van der Waals surface area contributed by atoms with Gasteiger partial charge in [-0.1, -0.05) is 29.8 Å². The van der Waals surface area contributed by atoms with E-state index in [1.165, 1.54) is 24.9 Å². The Labute approximate surface area is 160 Å². The number of piperidine rings is 1. The Morgan fingerprint density at radius 2 is 1.73 bits per heavy atom. The molecule has 138 valence electrons. The van der Waals surface area contributed by atoms with E-state index in [0.717, 1.165) is 29.4 Å². The molecule has 1 amide bonds. The van der Waals surface area contributed by atoms with Crippen molar-refractivity contribution in [3.8, 4) is 0 Å². The van der Waals surface area contributed by atoms with Crippen molar-refractivity contribution in [3.05, 3.63) is 59.1 Å². The van der Waals surface area contributed by atoms with Crippen LogP contribution in [0.2, 0.25) is 5.02 Å². The van der Waals surface area contributed by atoms with E-state index in [0.29, 0.717) is 19.5 Å². The molecule has 1 fully saturated rings. The predicted octanol–water partition coefficient (Wildman–Crippen LogP) is 4.45. The molecule has 0 saturated carbocycles. The third kappa shape index (κ3) is 5.48. The van der Waals surface area contributed by atoms with E-state index in [-0.39, 0.29) is 5.91 Å². The molecule has 2 aromatic carbocycles. The first-order valence-corrected chi connectivity index (χ1v) is 9.69. The van der Waals surface area contributed by atoms with Crippen LogP contribution >= 0.6 is 11.6 Å². The van der Waals surface area contributed by atoms with Crippen molar-refractivity contribution in [2.45, 2.75) is 32.2 Å². The van der Waals surface area contributed by atoms with Crippen LogP contribution in [0.3, 0.4) is 0 Å². The Hall–Kier alpha value is -2.04. The lowest BCUT2D eigenvalue weighted by molar-refractivity contribution is -0.116. The number of benzene rings is 2. The maximum Gasteiger partial charge on any atom is 0.225 e. The lowest BCUT2D eigenvalue weighted by Gasteiger charge is -2.28. The molecule has 1 saturated heterocycles. The summed E-state index contributed by atoms with van der Waals surface area (Å²) in [5.41, 5.74) is 3.13. The van der Waals surface area contributed by atoms with Crippen molar-refractivity contribution in [1.29, 1.82) is 0 Å². The first-order chi connectivity index (χ1) is 12.7. The molecule has 0 unspecified atom stereocenters. The van der Waals surface area contributed by atoms with Crippen LogP contribution in [0.4, 0.5) is 11.4 Å². The van der Waals surface area contributed by atoms with Crippen LogP contribution in [0.15, 0.2) is 48.5 Å². The summed E-state index contributed by atoms with van der Waals surface area (Å²) >= 11 is 6.12. The molecule has 2 aromatic rings. The summed E-state index contributed by atoms with van der Waals surface area (Å²) in [5.74, 6) is 0.0161. The fourth-order valence-electron chi connectivity index (χ4n) is 3.20. The van der Waals surface area contributed by atoms with E-state index < -0.39 is 0 Å². The van der Waals surface area contributed by atoms with Gasteiger partial charge in [0.1, 0.15) is 0 Å². The van der Waals surface area contributed by atoms with Crippen LogP contribution in [-0.4, -0.2) is 25.5 Å². The minimum atomic E-state index is 0.0161. The molecule has 0 atom stereocenters. The smallest absolute Gasteiger partial charge is 0.225 e. The van der Waals surface area contributed by atoms with Crippen LogP contribution in [0.1, 0.15) is 31.2 Å². The maximum absolute atomic E-state index is 12.1. The van der Waals surface area contributed by atoms with E-state index in [9.17, 15) is 4.79 Å². The Kier molecular flexibility index (Phi) is 6.92. The van der Waals surface area contributed by atoms with Gasteiger partial charge in [-0.3, -0.25) is 4.79 Å². The molecule has 1 aliphatic rings. The highest BCUT2D eigenvalue weighted by Crippen LogP contribution is 2.21. The monoisotopic (exact) mass is 371 g/mol. The van der Waals surface area contributed by atoms with E-state index in [4.69, 9.17) is 11.6 Å². The van der Waals surface area contributed by atoms with Crippen LogP contribution < -0.4 is 15.5 Å². The molecule has 1 aliphatic heterocycles.